The molecule has 1 aromatic carbocycles. The SMILES string of the molecule is CC.CC.CC1=CC(=O)c2ccc(Cl)cc2CC1.N=CCCl. The van der Waals surface area contributed by atoms with Crippen molar-refractivity contribution in [3.8, 4) is 0 Å². The van der Waals surface area contributed by atoms with Crippen LogP contribution >= 0.6 is 23.2 Å². The third-order valence-electron chi connectivity index (χ3n) is 2.58. The summed E-state index contributed by atoms with van der Waals surface area (Å²) >= 11 is 10.8. The summed E-state index contributed by atoms with van der Waals surface area (Å²) in [5, 5.41) is 6.90. The van der Waals surface area contributed by atoms with Gasteiger partial charge in [0, 0.05) is 16.8 Å². The van der Waals surface area contributed by atoms with Crippen molar-refractivity contribution in [3.63, 3.8) is 0 Å². The minimum Gasteiger partial charge on any atom is -0.312 e. The molecule has 0 spiro atoms. The smallest absolute Gasteiger partial charge is 0.186 e. The summed E-state index contributed by atoms with van der Waals surface area (Å²) in [7, 11) is 0. The Kier molecular flexibility index (Phi) is 15.6. The summed E-state index contributed by atoms with van der Waals surface area (Å²) in [6.45, 7) is 9.99. The van der Waals surface area contributed by atoms with Gasteiger partial charge in [0.25, 0.3) is 0 Å². The number of fused-ring (bicyclic) bond motifs is 1. The fourth-order valence-corrected chi connectivity index (χ4v) is 1.91. The van der Waals surface area contributed by atoms with Crippen LogP contribution in [0.25, 0.3) is 0 Å². The number of aryl methyl sites for hydroxylation is 1. The molecule has 0 radical (unpaired) electrons. The van der Waals surface area contributed by atoms with Crippen LogP contribution in [0.3, 0.4) is 0 Å². The molecule has 0 aromatic heterocycles. The number of benzene rings is 1. The fourth-order valence-electron chi connectivity index (χ4n) is 1.72. The van der Waals surface area contributed by atoms with Gasteiger partial charge in [0.2, 0.25) is 0 Å². The Morgan fingerprint density at radius 3 is 2.23 bits per heavy atom. The Hall–Kier alpha value is -1.12. The zero-order valence-electron chi connectivity index (χ0n) is 14.2. The maximum absolute atomic E-state index is 11.7. The highest BCUT2D eigenvalue weighted by molar-refractivity contribution is 6.30. The van der Waals surface area contributed by atoms with E-state index in [0.29, 0.717) is 10.9 Å². The number of nitrogens with one attached hydrogen (secondary N) is 1. The molecule has 0 saturated carbocycles. The van der Waals surface area contributed by atoms with E-state index in [2.05, 4.69) is 0 Å². The van der Waals surface area contributed by atoms with E-state index in [-0.39, 0.29) is 5.78 Å². The fraction of sp³-hybridized carbons (Fsp3) is 0.444. The molecule has 2 nitrogen and oxygen atoms in total. The van der Waals surface area contributed by atoms with Gasteiger partial charge in [-0.1, -0.05) is 44.9 Å². The van der Waals surface area contributed by atoms with E-state index >= 15 is 0 Å². The Labute approximate surface area is 145 Å². The summed E-state index contributed by atoms with van der Waals surface area (Å²) in [6, 6.07) is 5.48. The van der Waals surface area contributed by atoms with Gasteiger partial charge in [-0.05, 0) is 49.6 Å². The summed E-state index contributed by atoms with van der Waals surface area (Å²) in [6.07, 6.45) is 4.71. The normalized spacial score (nSPS) is 11.8. The molecule has 1 aliphatic carbocycles. The van der Waals surface area contributed by atoms with Gasteiger partial charge in [-0.2, -0.15) is 0 Å². The minimum atomic E-state index is 0.103. The van der Waals surface area contributed by atoms with Crippen LogP contribution in [-0.4, -0.2) is 17.9 Å². The number of halogens is 2. The predicted molar refractivity (Wildman–Crippen MR) is 100 cm³/mol. The molecule has 4 heteroatoms. The lowest BCUT2D eigenvalue weighted by atomic mass is 10.0. The van der Waals surface area contributed by atoms with Crippen molar-refractivity contribution in [1.82, 2.24) is 0 Å². The van der Waals surface area contributed by atoms with E-state index in [1.165, 1.54) is 0 Å². The molecule has 0 aliphatic heterocycles. The van der Waals surface area contributed by atoms with Crippen molar-refractivity contribution < 1.29 is 4.79 Å². The van der Waals surface area contributed by atoms with Crippen molar-refractivity contribution >= 4 is 35.2 Å². The quantitative estimate of drug-likeness (QED) is 0.468. The number of carbonyl (C=O) groups excluding carboxylic acids is 1. The van der Waals surface area contributed by atoms with Crippen molar-refractivity contribution in [2.45, 2.75) is 47.5 Å². The minimum absolute atomic E-state index is 0.103. The number of alkyl halides is 1. The molecular formula is C18H27Cl2NO. The first-order chi connectivity index (χ1) is 10.6. The monoisotopic (exact) mass is 343 g/mol. The predicted octanol–water partition coefficient (Wildman–Crippen LogP) is 6.34. The Morgan fingerprint density at radius 1 is 1.18 bits per heavy atom. The Bertz CT molecular complexity index is 482. The van der Waals surface area contributed by atoms with Crippen LogP contribution in [0, 0.1) is 5.41 Å². The van der Waals surface area contributed by atoms with Gasteiger partial charge in [-0.3, -0.25) is 4.79 Å². The third kappa shape index (κ3) is 9.01. The van der Waals surface area contributed by atoms with E-state index < -0.39 is 0 Å². The van der Waals surface area contributed by atoms with Gasteiger partial charge < -0.3 is 5.41 Å². The first-order valence-electron chi connectivity index (χ1n) is 7.63. The highest BCUT2D eigenvalue weighted by Crippen LogP contribution is 2.23. The molecule has 2 rings (SSSR count). The summed E-state index contributed by atoms with van der Waals surface area (Å²) < 4.78 is 0. The lowest BCUT2D eigenvalue weighted by Crippen LogP contribution is -1.97. The van der Waals surface area contributed by atoms with Crippen molar-refractivity contribution in [2.75, 3.05) is 5.88 Å². The largest absolute Gasteiger partial charge is 0.312 e. The van der Waals surface area contributed by atoms with E-state index in [1.807, 2.05) is 46.8 Å². The molecule has 1 aliphatic rings. The molecule has 0 atom stereocenters. The second-order valence-electron chi connectivity index (χ2n) is 4.01. The van der Waals surface area contributed by atoms with E-state index in [1.54, 1.807) is 12.1 Å². The van der Waals surface area contributed by atoms with Crippen LogP contribution in [0.4, 0.5) is 0 Å². The molecule has 0 saturated heterocycles. The third-order valence-corrected chi connectivity index (χ3v) is 2.97. The van der Waals surface area contributed by atoms with Crippen LogP contribution in [-0.2, 0) is 6.42 Å². The highest BCUT2D eigenvalue weighted by atomic mass is 35.5. The summed E-state index contributed by atoms with van der Waals surface area (Å²) in [5.41, 5.74) is 3.00. The second kappa shape index (κ2) is 14.8. The van der Waals surface area contributed by atoms with Crippen molar-refractivity contribution in [2.24, 2.45) is 0 Å². The van der Waals surface area contributed by atoms with Crippen LogP contribution in [0.1, 0.15) is 57.0 Å². The Balaban J connectivity index is 0. The van der Waals surface area contributed by atoms with Gasteiger partial charge in [-0.15, -0.1) is 11.6 Å². The lowest BCUT2D eigenvalue weighted by molar-refractivity contribution is 0.104. The maximum atomic E-state index is 11.7. The number of hydrogen-bond acceptors (Lipinski definition) is 2. The molecule has 0 heterocycles. The van der Waals surface area contributed by atoms with Gasteiger partial charge in [0.15, 0.2) is 5.78 Å². The molecular weight excluding hydrogens is 317 g/mol. The topological polar surface area (TPSA) is 40.9 Å². The van der Waals surface area contributed by atoms with E-state index in [0.717, 1.165) is 35.8 Å². The Morgan fingerprint density at radius 2 is 1.73 bits per heavy atom. The first kappa shape index (κ1) is 23.2. The zero-order valence-corrected chi connectivity index (χ0v) is 15.7. The number of rotatable bonds is 1. The number of carbonyl (C=O) groups is 1. The van der Waals surface area contributed by atoms with Crippen LogP contribution < -0.4 is 0 Å². The second-order valence-corrected chi connectivity index (χ2v) is 4.76. The molecule has 124 valence electrons. The van der Waals surface area contributed by atoms with Gasteiger partial charge in [0.05, 0.1) is 5.88 Å². The molecule has 22 heavy (non-hydrogen) atoms. The highest BCUT2D eigenvalue weighted by Gasteiger charge is 2.13. The van der Waals surface area contributed by atoms with Crippen LogP contribution in [0.2, 0.25) is 5.02 Å². The molecule has 1 N–H and O–H groups in total. The standard InChI is InChI=1S/C12H11ClO.C2H4ClN.2C2H6/c1-8-2-3-9-7-10(13)4-5-11(9)12(14)6-8;3-1-2-4;2*1-2/h4-7H,2-3H2,1H3;2,4H,1H2;2*1-2H3. The van der Waals surface area contributed by atoms with E-state index in [4.69, 9.17) is 28.6 Å². The number of ketones is 1. The molecule has 0 amide bonds. The number of hydrogen-bond donors (Lipinski definition) is 1. The lowest BCUT2D eigenvalue weighted by Gasteiger charge is -2.03. The first-order valence-corrected chi connectivity index (χ1v) is 8.54. The van der Waals surface area contributed by atoms with Crippen LogP contribution in [0.5, 0.6) is 0 Å². The number of allylic oxidation sites excluding steroid dienone is 2. The zero-order chi connectivity index (χ0) is 17.5. The van der Waals surface area contributed by atoms with Crippen LogP contribution in [0.15, 0.2) is 29.8 Å². The van der Waals surface area contributed by atoms with E-state index in [9.17, 15) is 4.79 Å². The molecule has 0 fully saturated rings. The summed E-state index contributed by atoms with van der Waals surface area (Å²) in [4.78, 5) is 11.7. The summed E-state index contributed by atoms with van der Waals surface area (Å²) in [5.74, 6) is 0.437. The van der Waals surface area contributed by atoms with Gasteiger partial charge >= 0.3 is 0 Å². The molecule has 0 unspecified atom stereocenters. The van der Waals surface area contributed by atoms with Gasteiger partial charge in [-0.25, -0.2) is 0 Å². The average Bonchev–Trinajstić information content (AvgIpc) is 2.70. The van der Waals surface area contributed by atoms with Crippen molar-refractivity contribution in [3.05, 3.63) is 46.0 Å². The van der Waals surface area contributed by atoms with Gasteiger partial charge in [0.1, 0.15) is 0 Å². The molecule has 1 aromatic rings. The maximum Gasteiger partial charge on any atom is 0.186 e. The van der Waals surface area contributed by atoms with Crippen molar-refractivity contribution in [1.29, 1.82) is 5.41 Å². The average molecular weight is 344 g/mol. The molecule has 0 bridgehead atoms.